The van der Waals surface area contributed by atoms with Gasteiger partial charge in [-0.05, 0) is 42.9 Å². The number of carbonyl (C=O) groups is 2. The Bertz CT molecular complexity index is 1090. The fourth-order valence-electron chi connectivity index (χ4n) is 4.31. The summed E-state index contributed by atoms with van der Waals surface area (Å²) < 4.78 is 42.2. The van der Waals surface area contributed by atoms with Crippen LogP contribution in [-0.4, -0.2) is 27.5 Å². The Morgan fingerprint density at radius 2 is 1.90 bits per heavy atom. The summed E-state index contributed by atoms with van der Waals surface area (Å²) in [4.78, 5) is 24.5. The summed E-state index contributed by atoms with van der Waals surface area (Å²) >= 11 is 0. The number of hydrogen-bond donors (Lipinski definition) is 2. The van der Waals surface area contributed by atoms with Crippen molar-refractivity contribution in [2.75, 3.05) is 5.32 Å². The van der Waals surface area contributed by atoms with Crippen molar-refractivity contribution in [1.82, 2.24) is 9.78 Å². The van der Waals surface area contributed by atoms with Crippen LogP contribution in [0.25, 0.3) is 5.69 Å². The summed E-state index contributed by atoms with van der Waals surface area (Å²) in [6.07, 6.45) is 1.09. The minimum Gasteiger partial charge on any atom is -0.381 e. The van der Waals surface area contributed by atoms with Gasteiger partial charge in [-0.2, -0.15) is 18.3 Å². The van der Waals surface area contributed by atoms with Gasteiger partial charge in [0.05, 0.1) is 22.5 Å². The largest absolute Gasteiger partial charge is 0.435 e. The van der Waals surface area contributed by atoms with Crippen molar-refractivity contribution >= 4 is 17.4 Å². The summed E-state index contributed by atoms with van der Waals surface area (Å²) in [5.41, 5.74) is 4.70. The number of primary amides is 1. The number of hydrogen-bond acceptors (Lipinski definition) is 4. The van der Waals surface area contributed by atoms with Crippen LogP contribution in [0.3, 0.4) is 0 Å². The molecule has 0 radical (unpaired) electrons. The van der Waals surface area contributed by atoms with E-state index in [0.29, 0.717) is 11.4 Å². The number of aromatic nitrogens is 2. The average Bonchev–Trinajstić information content (AvgIpc) is 3.27. The molecule has 2 aliphatic carbocycles. The number of amides is 1. The monoisotopic (exact) mass is 432 g/mol. The lowest BCUT2D eigenvalue weighted by atomic mass is 9.75. The van der Waals surface area contributed by atoms with Gasteiger partial charge in [-0.1, -0.05) is 26.0 Å². The Hall–Kier alpha value is -3.10. The lowest BCUT2D eigenvalue weighted by Crippen LogP contribution is -2.29. The Morgan fingerprint density at radius 3 is 2.52 bits per heavy atom. The molecule has 0 saturated carbocycles. The van der Waals surface area contributed by atoms with Gasteiger partial charge in [-0.3, -0.25) is 9.59 Å². The summed E-state index contributed by atoms with van der Waals surface area (Å²) in [6, 6.07) is 4.60. The number of anilines is 1. The van der Waals surface area contributed by atoms with Crippen LogP contribution in [-0.2, 0) is 12.6 Å². The van der Waals surface area contributed by atoms with Crippen LogP contribution < -0.4 is 11.1 Å². The van der Waals surface area contributed by atoms with Gasteiger partial charge < -0.3 is 11.1 Å². The molecule has 1 aromatic carbocycles. The molecule has 2 aliphatic rings. The second kappa shape index (κ2) is 7.25. The Kier molecular flexibility index (Phi) is 4.94. The highest BCUT2D eigenvalue weighted by Crippen LogP contribution is 2.42. The number of nitrogens with zero attached hydrogens (tertiary/aromatic N) is 2. The van der Waals surface area contributed by atoms with Crippen molar-refractivity contribution in [3.8, 4) is 5.69 Å². The summed E-state index contributed by atoms with van der Waals surface area (Å²) in [5, 5.41) is 7.06. The number of fused-ring (bicyclic) bond motifs is 1. The molecule has 6 nitrogen and oxygen atoms in total. The van der Waals surface area contributed by atoms with Crippen molar-refractivity contribution in [3.05, 3.63) is 52.9 Å². The van der Waals surface area contributed by atoms with Crippen LogP contribution >= 0.6 is 0 Å². The zero-order valence-electron chi connectivity index (χ0n) is 17.2. The molecule has 0 atom stereocenters. The van der Waals surface area contributed by atoms with Crippen molar-refractivity contribution in [2.24, 2.45) is 11.1 Å². The van der Waals surface area contributed by atoms with E-state index < -0.39 is 29.0 Å². The van der Waals surface area contributed by atoms with Crippen LogP contribution in [0.1, 0.15) is 65.2 Å². The van der Waals surface area contributed by atoms with Gasteiger partial charge >= 0.3 is 6.18 Å². The van der Waals surface area contributed by atoms with E-state index in [1.165, 1.54) is 16.8 Å². The molecule has 0 bridgehead atoms. The first-order chi connectivity index (χ1) is 14.5. The van der Waals surface area contributed by atoms with Gasteiger partial charge in [-0.25, -0.2) is 4.68 Å². The molecule has 3 N–H and O–H groups in total. The highest BCUT2D eigenvalue weighted by atomic mass is 19.4. The van der Waals surface area contributed by atoms with Crippen molar-refractivity contribution in [3.63, 3.8) is 0 Å². The number of benzene rings is 1. The number of alkyl halides is 3. The summed E-state index contributed by atoms with van der Waals surface area (Å²) in [5.74, 6) is -1.20. The number of rotatable bonds is 4. The van der Waals surface area contributed by atoms with Crippen LogP contribution in [0.5, 0.6) is 0 Å². The van der Waals surface area contributed by atoms with Gasteiger partial charge in [-0.15, -0.1) is 0 Å². The quantitative estimate of drug-likeness (QED) is 0.706. The van der Waals surface area contributed by atoms with Crippen molar-refractivity contribution in [2.45, 2.75) is 51.7 Å². The highest BCUT2D eigenvalue weighted by molar-refractivity contribution is 6.00. The molecular formula is C22H23F3N4O2. The molecule has 1 aromatic heterocycles. The molecule has 0 saturated heterocycles. The second-order valence-corrected chi connectivity index (χ2v) is 8.90. The number of ketones is 1. The predicted molar refractivity (Wildman–Crippen MR) is 109 cm³/mol. The Morgan fingerprint density at radius 1 is 1.23 bits per heavy atom. The zero-order chi connectivity index (χ0) is 22.6. The van der Waals surface area contributed by atoms with Gasteiger partial charge in [0.15, 0.2) is 11.5 Å². The Labute approximate surface area is 177 Å². The minimum atomic E-state index is -4.75. The SMILES string of the molecule is CC1(C)CC(=O)c2c(C(F)(F)F)nn(-c3ccc(C(N)=O)c(NC4CC=CC4)c3)c2C1. The smallest absolute Gasteiger partial charge is 0.381 e. The number of Topliss-reactive ketones (excluding diaryl/α,β-unsaturated/α-hetero) is 1. The first-order valence-corrected chi connectivity index (χ1v) is 10.0. The summed E-state index contributed by atoms with van der Waals surface area (Å²) in [7, 11) is 0. The van der Waals surface area contributed by atoms with E-state index in [4.69, 9.17) is 5.73 Å². The molecule has 31 heavy (non-hydrogen) atoms. The lowest BCUT2D eigenvalue weighted by Gasteiger charge is -2.29. The molecule has 0 aliphatic heterocycles. The molecule has 4 rings (SSSR count). The fourth-order valence-corrected chi connectivity index (χ4v) is 4.31. The van der Waals surface area contributed by atoms with Crippen LogP contribution in [0.4, 0.5) is 18.9 Å². The molecule has 0 spiro atoms. The molecule has 1 amide bonds. The second-order valence-electron chi connectivity index (χ2n) is 8.90. The van der Waals surface area contributed by atoms with E-state index in [9.17, 15) is 22.8 Å². The van der Waals surface area contributed by atoms with Crippen molar-refractivity contribution < 1.29 is 22.8 Å². The maximum Gasteiger partial charge on any atom is 0.435 e. The number of carbonyl (C=O) groups excluding carboxylic acids is 2. The maximum absolute atomic E-state index is 13.7. The highest BCUT2D eigenvalue weighted by Gasteiger charge is 2.45. The molecule has 0 fully saturated rings. The number of nitrogens with two attached hydrogens (primary N) is 1. The van der Waals surface area contributed by atoms with E-state index in [-0.39, 0.29) is 35.7 Å². The predicted octanol–water partition coefficient (Wildman–Crippen LogP) is 4.28. The van der Waals surface area contributed by atoms with E-state index in [1.54, 1.807) is 6.07 Å². The average molecular weight is 432 g/mol. The van der Waals surface area contributed by atoms with Gasteiger partial charge in [0, 0.05) is 18.2 Å². The first-order valence-electron chi connectivity index (χ1n) is 10.0. The van der Waals surface area contributed by atoms with Crippen LogP contribution in [0.15, 0.2) is 30.4 Å². The summed E-state index contributed by atoms with van der Waals surface area (Å²) in [6.45, 7) is 3.68. The van der Waals surface area contributed by atoms with E-state index in [0.717, 1.165) is 12.8 Å². The zero-order valence-corrected chi connectivity index (χ0v) is 17.2. The lowest BCUT2D eigenvalue weighted by molar-refractivity contribution is -0.141. The topological polar surface area (TPSA) is 90.0 Å². The van der Waals surface area contributed by atoms with Crippen LogP contribution in [0, 0.1) is 5.41 Å². The van der Waals surface area contributed by atoms with Crippen molar-refractivity contribution in [1.29, 1.82) is 0 Å². The molecule has 0 unspecified atom stereocenters. The molecule has 1 heterocycles. The fraction of sp³-hybridized carbons (Fsp3) is 0.409. The molecule has 9 heteroatoms. The maximum atomic E-state index is 13.7. The number of nitrogens with one attached hydrogen (secondary N) is 1. The third-order valence-corrected chi connectivity index (χ3v) is 5.69. The minimum absolute atomic E-state index is 0.0247. The third kappa shape index (κ3) is 3.96. The third-order valence-electron chi connectivity index (χ3n) is 5.69. The normalized spacial score (nSPS) is 18.3. The van der Waals surface area contributed by atoms with Gasteiger partial charge in [0.2, 0.25) is 0 Å². The van der Waals surface area contributed by atoms with Gasteiger partial charge in [0.1, 0.15) is 0 Å². The molecule has 164 valence electrons. The van der Waals surface area contributed by atoms with E-state index in [2.05, 4.69) is 10.4 Å². The van der Waals surface area contributed by atoms with E-state index in [1.807, 2.05) is 26.0 Å². The molecule has 2 aromatic rings. The first kappa shape index (κ1) is 21.1. The molecular weight excluding hydrogens is 409 g/mol. The number of halogens is 3. The van der Waals surface area contributed by atoms with Crippen LogP contribution in [0.2, 0.25) is 0 Å². The van der Waals surface area contributed by atoms with E-state index >= 15 is 0 Å². The standard InChI is InChI=1S/C22H23F3N4O2/c1-21(2)10-16-18(17(30)11-21)19(22(23,24)25)28-29(16)13-7-8-14(20(26)31)15(9-13)27-12-5-3-4-6-12/h3-4,7-9,12,27H,5-6,10-11H2,1-2H3,(H2,26,31). The Balaban J connectivity index is 1.86. The van der Waals surface area contributed by atoms with Gasteiger partial charge in [0.25, 0.3) is 5.91 Å².